The Balaban J connectivity index is 1.91. The average molecular weight is 381 g/mol. The van der Waals surface area contributed by atoms with E-state index in [1.54, 1.807) is 30.3 Å². The summed E-state index contributed by atoms with van der Waals surface area (Å²) in [5, 5.41) is 5.16. The van der Waals surface area contributed by atoms with Gasteiger partial charge in [-0.3, -0.25) is 4.79 Å². The molecule has 2 aromatic rings. The van der Waals surface area contributed by atoms with Crippen molar-refractivity contribution in [3.63, 3.8) is 0 Å². The molecule has 0 aliphatic heterocycles. The van der Waals surface area contributed by atoms with Crippen LogP contribution in [0.4, 0.5) is 18.0 Å². The molecule has 0 saturated carbocycles. The van der Waals surface area contributed by atoms with Crippen molar-refractivity contribution < 1.29 is 27.5 Å². The lowest BCUT2D eigenvalue weighted by Gasteiger charge is -2.17. The molecule has 0 radical (unpaired) electrons. The predicted molar refractivity (Wildman–Crippen MR) is 91.5 cm³/mol. The highest BCUT2D eigenvalue weighted by Gasteiger charge is 2.30. The second-order valence-corrected chi connectivity index (χ2v) is 5.64. The van der Waals surface area contributed by atoms with E-state index in [2.05, 4.69) is 15.4 Å². The highest BCUT2D eigenvalue weighted by Crippen LogP contribution is 2.22. The Hall–Kier alpha value is -3.23. The number of carbonyl (C=O) groups excluding carboxylic acids is 2. The Morgan fingerprint density at radius 2 is 1.67 bits per heavy atom. The van der Waals surface area contributed by atoms with Crippen LogP contribution in [0.1, 0.15) is 23.6 Å². The first-order valence-corrected chi connectivity index (χ1v) is 7.95. The molecule has 0 fully saturated rings. The van der Waals surface area contributed by atoms with Crippen LogP contribution in [0.5, 0.6) is 5.75 Å². The molecule has 144 valence electrons. The van der Waals surface area contributed by atoms with E-state index in [0.29, 0.717) is 5.56 Å². The van der Waals surface area contributed by atoms with Gasteiger partial charge in [-0.1, -0.05) is 42.5 Å². The Labute approximate surface area is 153 Å². The molecule has 0 bridgehead atoms. The van der Waals surface area contributed by atoms with E-state index in [1.807, 2.05) is 0 Å². The summed E-state index contributed by atoms with van der Waals surface area (Å²) in [6.45, 7) is 0.114. The number of alkyl halides is 3. The molecule has 2 aromatic carbocycles. The van der Waals surface area contributed by atoms with Crippen LogP contribution in [0.15, 0.2) is 54.6 Å². The van der Waals surface area contributed by atoms with Crippen molar-refractivity contribution in [2.45, 2.75) is 25.4 Å². The molecule has 1 atom stereocenters. The van der Waals surface area contributed by atoms with Crippen molar-refractivity contribution in [1.82, 2.24) is 10.6 Å². The number of halogens is 3. The standard InChI is InChI=1S/C18H18F3N3O3/c19-18(20,21)27-14-8-6-12(7-9-14)11-23-16(25)10-15(24-17(22)26)13-4-2-1-3-5-13/h1-9,15H,10-11H2,(H,23,25)(H3,22,24,26)/t15-/m0/s1. The fourth-order valence-corrected chi connectivity index (χ4v) is 2.38. The minimum atomic E-state index is -4.75. The molecule has 0 unspecified atom stereocenters. The second kappa shape index (κ2) is 8.93. The second-order valence-electron chi connectivity index (χ2n) is 5.64. The number of nitrogens with two attached hydrogens (primary N) is 1. The van der Waals surface area contributed by atoms with Crippen molar-refractivity contribution in [2.24, 2.45) is 5.73 Å². The maximum absolute atomic E-state index is 12.2. The monoisotopic (exact) mass is 381 g/mol. The molecule has 2 rings (SSSR count). The highest BCUT2D eigenvalue weighted by atomic mass is 19.4. The van der Waals surface area contributed by atoms with Crippen LogP contribution in [0.3, 0.4) is 0 Å². The molecule has 0 heterocycles. The smallest absolute Gasteiger partial charge is 0.406 e. The van der Waals surface area contributed by atoms with E-state index in [4.69, 9.17) is 5.73 Å². The molecular weight excluding hydrogens is 363 g/mol. The van der Waals surface area contributed by atoms with Crippen LogP contribution in [-0.2, 0) is 11.3 Å². The topological polar surface area (TPSA) is 93.5 Å². The summed E-state index contributed by atoms with van der Waals surface area (Å²) in [4.78, 5) is 23.3. The van der Waals surface area contributed by atoms with E-state index in [9.17, 15) is 22.8 Å². The van der Waals surface area contributed by atoms with Gasteiger partial charge in [-0.2, -0.15) is 0 Å². The lowest BCUT2D eigenvalue weighted by atomic mass is 10.0. The first kappa shape index (κ1) is 20.1. The SMILES string of the molecule is NC(=O)N[C@@H](CC(=O)NCc1ccc(OC(F)(F)F)cc1)c1ccccc1. The average Bonchev–Trinajstić information content (AvgIpc) is 2.60. The number of hydrogen-bond acceptors (Lipinski definition) is 3. The zero-order valence-corrected chi connectivity index (χ0v) is 14.1. The Bertz CT molecular complexity index is 765. The first-order chi connectivity index (χ1) is 12.7. The summed E-state index contributed by atoms with van der Waals surface area (Å²) in [7, 11) is 0. The van der Waals surface area contributed by atoms with Gasteiger partial charge in [-0.15, -0.1) is 13.2 Å². The van der Waals surface area contributed by atoms with Crippen LogP contribution in [0, 0.1) is 0 Å². The van der Waals surface area contributed by atoms with E-state index in [-0.39, 0.29) is 24.6 Å². The van der Waals surface area contributed by atoms with Gasteiger partial charge in [0.1, 0.15) is 5.75 Å². The summed E-state index contributed by atoms with van der Waals surface area (Å²) >= 11 is 0. The minimum absolute atomic E-state index is 0.0395. The summed E-state index contributed by atoms with van der Waals surface area (Å²) in [5.74, 6) is -0.694. The van der Waals surface area contributed by atoms with Crippen molar-refractivity contribution in [2.75, 3.05) is 0 Å². The Kier molecular flexibility index (Phi) is 6.64. The van der Waals surface area contributed by atoms with Gasteiger partial charge >= 0.3 is 12.4 Å². The molecule has 0 spiro atoms. The van der Waals surface area contributed by atoms with Gasteiger partial charge in [0.15, 0.2) is 0 Å². The highest BCUT2D eigenvalue weighted by molar-refractivity contribution is 5.78. The number of urea groups is 1. The number of benzene rings is 2. The van der Waals surface area contributed by atoms with Gasteiger partial charge in [0.25, 0.3) is 0 Å². The van der Waals surface area contributed by atoms with Gasteiger partial charge in [0.05, 0.1) is 12.5 Å². The van der Waals surface area contributed by atoms with Gasteiger partial charge in [-0.25, -0.2) is 4.79 Å². The third kappa shape index (κ3) is 7.27. The fraction of sp³-hybridized carbons (Fsp3) is 0.222. The van der Waals surface area contributed by atoms with E-state index < -0.39 is 18.4 Å². The van der Waals surface area contributed by atoms with Crippen LogP contribution >= 0.6 is 0 Å². The van der Waals surface area contributed by atoms with Gasteiger partial charge in [-0.05, 0) is 23.3 Å². The summed E-state index contributed by atoms with van der Waals surface area (Å²) in [5.41, 5.74) is 6.47. The molecule has 0 aliphatic carbocycles. The minimum Gasteiger partial charge on any atom is -0.406 e. The van der Waals surface area contributed by atoms with Crippen molar-refractivity contribution in [3.8, 4) is 5.75 Å². The van der Waals surface area contributed by atoms with Crippen molar-refractivity contribution >= 4 is 11.9 Å². The summed E-state index contributed by atoms with van der Waals surface area (Å²) in [6.07, 6.45) is -4.79. The van der Waals surface area contributed by atoms with E-state index in [1.165, 1.54) is 12.1 Å². The van der Waals surface area contributed by atoms with Crippen LogP contribution in [-0.4, -0.2) is 18.3 Å². The number of carbonyl (C=O) groups is 2. The summed E-state index contributed by atoms with van der Waals surface area (Å²) in [6, 6.07) is 12.7. The number of primary amides is 1. The third-order valence-electron chi connectivity index (χ3n) is 3.55. The number of nitrogens with one attached hydrogen (secondary N) is 2. The van der Waals surface area contributed by atoms with Gasteiger partial charge in [0, 0.05) is 6.54 Å². The number of ether oxygens (including phenoxy) is 1. The maximum Gasteiger partial charge on any atom is 0.573 e. The lowest BCUT2D eigenvalue weighted by Crippen LogP contribution is -2.36. The molecule has 4 N–H and O–H groups in total. The van der Waals surface area contributed by atoms with Crippen LogP contribution in [0.2, 0.25) is 0 Å². The molecular formula is C18H18F3N3O3. The first-order valence-electron chi connectivity index (χ1n) is 7.95. The van der Waals surface area contributed by atoms with E-state index in [0.717, 1.165) is 17.7 Å². The molecule has 0 saturated heterocycles. The molecule has 9 heteroatoms. The number of hydrogen-bond donors (Lipinski definition) is 3. The molecule has 0 aromatic heterocycles. The molecule has 6 nitrogen and oxygen atoms in total. The molecule has 27 heavy (non-hydrogen) atoms. The Morgan fingerprint density at radius 3 is 2.22 bits per heavy atom. The van der Waals surface area contributed by atoms with Crippen LogP contribution in [0.25, 0.3) is 0 Å². The molecule has 3 amide bonds. The summed E-state index contributed by atoms with van der Waals surface area (Å²) < 4.78 is 40.2. The normalized spacial score (nSPS) is 12.1. The fourth-order valence-electron chi connectivity index (χ4n) is 2.38. The third-order valence-corrected chi connectivity index (χ3v) is 3.55. The maximum atomic E-state index is 12.2. The zero-order chi connectivity index (χ0) is 19.9. The van der Waals surface area contributed by atoms with Crippen molar-refractivity contribution in [1.29, 1.82) is 0 Å². The van der Waals surface area contributed by atoms with Gasteiger partial charge in [0.2, 0.25) is 5.91 Å². The van der Waals surface area contributed by atoms with Crippen LogP contribution < -0.4 is 21.1 Å². The molecule has 0 aliphatic rings. The van der Waals surface area contributed by atoms with Gasteiger partial charge < -0.3 is 21.1 Å². The predicted octanol–water partition coefficient (Wildman–Crippen LogP) is 3.00. The quantitative estimate of drug-likeness (QED) is 0.688. The Morgan fingerprint density at radius 1 is 1.04 bits per heavy atom. The zero-order valence-electron chi connectivity index (χ0n) is 14.1. The van der Waals surface area contributed by atoms with Crippen molar-refractivity contribution in [3.05, 3.63) is 65.7 Å². The number of rotatable bonds is 7. The largest absolute Gasteiger partial charge is 0.573 e. The van der Waals surface area contributed by atoms with E-state index >= 15 is 0 Å². The number of amides is 3. The lowest BCUT2D eigenvalue weighted by molar-refractivity contribution is -0.274.